The van der Waals surface area contributed by atoms with Crippen molar-refractivity contribution in [2.45, 2.75) is 83.0 Å². The van der Waals surface area contributed by atoms with E-state index < -0.39 is 30.0 Å². The van der Waals surface area contributed by atoms with Gasteiger partial charge in [-0.1, -0.05) is 20.3 Å². The number of carboxylic acid groups (broad SMARTS) is 1. The van der Waals surface area contributed by atoms with Crippen molar-refractivity contribution in [3.8, 4) is 0 Å². The molecule has 3 aliphatic heterocycles. The van der Waals surface area contributed by atoms with Gasteiger partial charge in [0.2, 0.25) is 17.7 Å². The first-order chi connectivity index (χ1) is 14.3. The van der Waals surface area contributed by atoms with Crippen molar-refractivity contribution in [3.05, 3.63) is 0 Å². The summed E-state index contributed by atoms with van der Waals surface area (Å²) in [5, 5.41) is 15.3. The Bertz CT molecular complexity index is 678. The summed E-state index contributed by atoms with van der Waals surface area (Å²) in [5.41, 5.74) is 0. The second-order valence-electron chi connectivity index (χ2n) is 8.74. The van der Waals surface area contributed by atoms with Gasteiger partial charge in [-0.25, -0.2) is 4.79 Å². The predicted octanol–water partition coefficient (Wildman–Crippen LogP) is 0.336. The maximum absolute atomic E-state index is 13.3. The summed E-state index contributed by atoms with van der Waals surface area (Å²) < 4.78 is 0. The minimum atomic E-state index is -1.06. The lowest BCUT2D eigenvalue weighted by Crippen LogP contribution is -2.56. The van der Waals surface area contributed by atoms with E-state index in [0.29, 0.717) is 38.8 Å². The Labute approximate surface area is 177 Å². The van der Waals surface area contributed by atoms with Gasteiger partial charge in [-0.05, 0) is 51.0 Å². The van der Waals surface area contributed by atoms with Crippen LogP contribution in [0.25, 0.3) is 0 Å². The second-order valence-corrected chi connectivity index (χ2v) is 8.74. The van der Waals surface area contributed by atoms with Gasteiger partial charge in [-0.3, -0.25) is 14.4 Å². The van der Waals surface area contributed by atoms with E-state index in [-0.39, 0.29) is 23.8 Å². The van der Waals surface area contributed by atoms with E-state index in [1.54, 1.807) is 16.7 Å². The molecule has 9 nitrogen and oxygen atoms in total. The Hall–Kier alpha value is -2.16. The van der Waals surface area contributed by atoms with Crippen molar-refractivity contribution in [3.63, 3.8) is 0 Å². The normalized spacial score (nSPS) is 28.4. The number of likely N-dealkylation sites (tertiary alicyclic amines) is 2. The van der Waals surface area contributed by atoms with Crippen molar-refractivity contribution in [1.29, 1.82) is 0 Å². The van der Waals surface area contributed by atoms with Crippen LogP contribution < -0.4 is 10.6 Å². The van der Waals surface area contributed by atoms with Crippen LogP contribution >= 0.6 is 0 Å². The first kappa shape index (κ1) is 22.5. The Morgan fingerprint density at radius 3 is 2.20 bits per heavy atom. The largest absolute Gasteiger partial charge is 0.480 e. The van der Waals surface area contributed by atoms with E-state index in [9.17, 15) is 24.3 Å². The zero-order valence-corrected chi connectivity index (χ0v) is 17.9. The number of rotatable bonds is 7. The molecule has 0 aromatic rings. The van der Waals surface area contributed by atoms with Crippen molar-refractivity contribution < 1.29 is 24.3 Å². The van der Waals surface area contributed by atoms with Crippen LogP contribution in [0.4, 0.5) is 0 Å². The molecule has 0 saturated carbocycles. The number of hydrogen-bond donors (Lipinski definition) is 3. The van der Waals surface area contributed by atoms with Crippen LogP contribution in [0.15, 0.2) is 0 Å². The molecule has 3 amide bonds. The lowest BCUT2D eigenvalue weighted by atomic mass is 9.98. The first-order valence-electron chi connectivity index (χ1n) is 11.2. The number of carbonyl (C=O) groups is 4. The molecule has 0 aromatic carbocycles. The highest BCUT2D eigenvalue weighted by Gasteiger charge is 2.44. The minimum Gasteiger partial charge on any atom is -0.480 e. The number of amides is 3. The van der Waals surface area contributed by atoms with Gasteiger partial charge in [-0.2, -0.15) is 0 Å². The van der Waals surface area contributed by atoms with Crippen molar-refractivity contribution in [2.75, 3.05) is 19.6 Å². The van der Waals surface area contributed by atoms with Crippen molar-refractivity contribution >= 4 is 23.7 Å². The molecule has 0 unspecified atom stereocenters. The SMILES string of the molecule is CC[C@H](C)[C@H](NC(=O)[C@@H]1CCCN1C(=O)[C@@H]1CCCN1C(=O)[C@@H]1CCCN1)C(=O)O. The number of nitrogens with one attached hydrogen (secondary N) is 2. The molecule has 9 heteroatoms. The van der Waals surface area contributed by atoms with Crippen LogP contribution in [0.2, 0.25) is 0 Å². The smallest absolute Gasteiger partial charge is 0.326 e. The van der Waals surface area contributed by atoms with E-state index in [0.717, 1.165) is 25.8 Å². The minimum absolute atomic E-state index is 0.0220. The summed E-state index contributed by atoms with van der Waals surface area (Å²) in [4.78, 5) is 53.9. The van der Waals surface area contributed by atoms with E-state index >= 15 is 0 Å². The number of carboxylic acids is 1. The van der Waals surface area contributed by atoms with E-state index in [1.165, 1.54) is 0 Å². The molecule has 5 atom stereocenters. The summed E-state index contributed by atoms with van der Waals surface area (Å²) in [6, 6.07) is -2.40. The first-order valence-corrected chi connectivity index (χ1v) is 11.2. The van der Waals surface area contributed by atoms with Crippen molar-refractivity contribution in [2.24, 2.45) is 5.92 Å². The summed E-state index contributed by atoms with van der Waals surface area (Å²) >= 11 is 0. The molecule has 3 aliphatic rings. The van der Waals surface area contributed by atoms with Gasteiger partial charge < -0.3 is 25.5 Å². The molecule has 0 aromatic heterocycles. The number of hydrogen-bond acceptors (Lipinski definition) is 5. The van der Waals surface area contributed by atoms with Crippen LogP contribution in [-0.2, 0) is 19.2 Å². The van der Waals surface area contributed by atoms with Gasteiger partial charge in [0.1, 0.15) is 18.1 Å². The average Bonchev–Trinajstić information content (AvgIpc) is 3.50. The molecule has 0 aliphatic carbocycles. The summed E-state index contributed by atoms with van der Waals surface area (Å²) in [5.74, 6) is -1.90. The van der Waals surface area contributed by atoms with Crippen LogP contribution in [0.1, 0.15) is 58.8 Å². The maximum atomic E-state index is 13.3. The molecule has 3 fully saturated rings. The molecule has 3 N–H and O–H groups in total. The zero-order valence-electron chi connectivity index (χ0n) is 17.9. The zero-order chi connectivity index (χ0) is 21.8. The monoisotopic (exact) mass is 422 g/mol. The number of nitrogens with zero attached hydrogens (tertiary/aromatic N) is 2. The van der Waals surface area contributed by atoms with Gasteiger partial charge in [0.15, 0.2) is 0 Å². The second kappa shape index (κ2) is 9.76. The third-order valence-electron chi connectivity index (χ3n) is 6.79. The van der Waals surface area contributed by atoms with E-state index in [1.807, 2.05) is 6.92 Å². The molecule has 0 spiro atoms. The Kier molecular flexibility index (Phi) is 7.33. The Morgan fingerprint density at radius 2 is 1.63 bits per heavy atom. The van der Waals surface area contributed by atoms with E-state index in [2.05, 4.69) is 10.6 Å². The highest BCUT2D eigenvalue weighted by molar-refractivity contribution is 5.95. The van der Waals surface area contributed by atoms with Crippen LogP contribution in [0.5, 0.6) is 0 Å². The Balaban J connectivity index is 1.68. The van der Waals surface area contributed by atoms with Gasteiger partial charge >= 0.3 is 5.97 Å². The van der Waals surface area contributed by atoms with Gasteiger partial charge in [0.25, 0.3) is 0 Å². The molecule has 3 saturated heterocycles. The van der Waals surface area contributed by atoms with Gasteiger partial charge in [0.05, 0.1) is 6.04 Å². The highest BCUT2D eigenvalue weighted by Crippen LogP contribution is 2.26. The molecule has 3 rings (SSSR count). The molecule has 3 heterocycles. The predicted molar refractivity (Wildman–Crippen MR) is 110 cm³/mol. The highest BCUT2D eigenvalue weighted by atomic mass is 16.4. The summed E-state index contributed by atoms with van der Waals surface area (Å²) in [6.45, 7) is 5.50. The van der Waals surface area contributed by atoms with Crippen LogP contribution in [0.3, 0.4) is 0 Å². The molecule has 168 valence electrons. The van der Waals surface area contributed by atoms with Crippen LogP contribution in [0, 0.1) is 5.92 Å². The van der Waals surface area contributed by atoms with Crippen molar-refractivity contribution in [1.82, 2.24) is 20.4 Å². The lowest BCUT2D eigenvalue weighted by Gasteiger charge is -2.32. The number of carbonyl (C=O) groups excluding carboxylic acids is 3. The number of aliphatic carboxylic acids is 1. The van der Waals surface area contributed by atoms with Gasteiger partial charge in [-0.15, -0.1) is 0 Å². The topological polar surface area (TPSA) is 119 Å². The van der Waals surface area contributed by atoms with Gasteiger partial charge in [0, 0.05) is 13.1 Å². The lowest BCUT2D eigenvalue weighted by molar-refractivity contribution is -0.148. The summed E-state index contributed by atoms with van der Waals surface area (Å²) in [7, 11) is 0. The molecular formula is C21H34N4O5. The molecule has 30 heavy (non-hydrogen) atoms. The third kappa shape index (κ3) is 4.61. The third-order valence-corrected chi connectivity index (χ3v) is 6.79. The summed E-state index contributed by atoms with van der Waals surface area (Å²) in [6.07, 6.45) is 4.95. The molecule has 0 bridgehead atoms. The quantitative estimate of drug-likeness (QED) is 0.544. The fourth-order valence-electron chi connectivity index (χ4n) is 4.81. The van der Waals surface area contributed by atoms with Crippen LogP contribution in [-0.4, -0.2) is 82.4 Å². The maximum Gasteiger partial charge on any atom is 0.326 e. The molecular weight excluding hydrogens is 388 g/mol. The molecule has 0 radical (unpaired) electrons. The van der Waals surface area contributed by atoms with E-state index in [4.69, 9.17) is 0 Å². The Morgan fingerprint density at radius 1 is 1.00 bits per heavy atom. The average molecular weight is 423 g/mol. The fourth-order valence-corrected chi connectivity index (χ4v) is 4.81. The fraction of sp³-hybridized carbons (Fsp3) is 0.810. The standard InChI is InChI=1S/C21H34N4O5/c1-3-13(2)17(21(29)30)23-18(26)15-8-5-11-24(15)20(28)16-9-6-12-25(16)19(27)14-7-4-10-22-14/h13-17,22H,3-12H2,1-2H3,(H,23,26)(H,29,30)/t13-,14-,15-,16-,17-/m0/s1.